The number of carboxylic acids is 1. The van der Waals surface area contributed by atoms with Crippen LogP contribution in [0.5, 0.6) is 0 Å². The van der Waals surface area contributed by atoms with Crippen molar-refractivity contribution in [3.63, 3.8) is 0 Å². The second-order valence-electron chi connectivity index (χ2n) is 5.67. The first kappa shape index (κ1) is 13.3. The molecule has 1 atom stereocenters. The third-order valence-corrected chi connectivity index (χ3v) is 4.87. The topological polar surface area (TPSA) is 62.2 Å². The first-order valence-corrected chi connectivity index (χ1v) is 7.19. The van der Waals surface area contributed by atoms with Gasteiger partial charge in [0.25, 0.3) is 0 Å². The van der Waals surface area contributed by atoms with Gasteiger partial charge in [-0.15, -0.1) is 0 Å². The van der Waals surface area contributed by atoms with E-state index in [1.54, 1.807) is 6.92 Å². The molecule has 0 aromatic carbocycles. The molecular formula is C13H20N2O2S. The van der Waals surface area contributed by atoms with E-state index in [1.807, 2.05) is 0 Å². The highest BCUT2D eigenvalue weighted by Gasteiger charge is 2.32. The van der Waals surface area contributed by atoms with Gasteiger partial charge in [-0.3, -0.25) is 0 Å². The maximum absolute atomic E-state index is 11.0. The third-order valence-electron chi connectivity index (χ3n) is 3.80. The van der Waals surface area contributed by atoms with Gasteiger partial charge >= 0.3 is 5.97 Å². The molecule has 1 aliphatic carbocycles. The molecule has 2 N–H and O–H groups in total. The molecular weight excluding hydrogens is 248 g/mol. The van der Waals surface area contributed by atoms with Crippen LogP contribution in [-0.2, 0) is 0 Å². The van der Waals surface area contributed by atoms with E-state index >= 15 is 0 Å². The zero-order chi connectivity index (χ0) is 13.3. The van der Waals surface area contributed by atoms with E-state index in [4.69, 9.17) is 5.11 Å². The molecule has 0 saturated heterocycles. The summed E-state index contributed by atoms with van der Waals surface area (Å²) >= 11 is 1.24. The monoisotopic (exact) mass is 268 g/mol. The zero-order valence-corrected chi connectivity index (χ0v) is 11.9. The molecule has 0 radical (unpaired) electrons. The van der Waals surface area contributed by atoms with Gasteiger partial charge in [0.15, 0.2) is 5.13 Å². The van der Waals surface area contributed by atoms with Crippen LogP contribution in [0.15, 0.2) is 0 Å². The quantitative estimate of drug-likeness (QED) is 0.880. The van der Waals surface area contributed by atoms with Crippen molar-refractivity contribution in [1.82, 2.24) is 4.98 Å². The number of hydrogen-bond acceptors (Lipinski definition) is 4. The van der Waals surface area contributed by atoms with Crippen molar-refractivity contribution in [1.29, 1.82) is 0 Å². The molecule has 1 saturated carbocycles. The van der Waals surface area contributed by atoms with Gasteiger partial charge in [-0.2, -0.15) is 0 Å². The number of anilines is 1. The Kier molecular flexibility index (Phi) is 3.61. The fourth-order valence-corrected chi connectivity index (χ4v) is 3.42. The lowest BCUT2D eigenvalue weighted by Crippen LogP contribution is -2.38. The fraction of sp³-hybridized carbons (Fsp3) is 0.692. The van der Waals surface area contributed by atoms with E-state index in [-0.39, 0.29) is 5.41 Å². The predicted molar refractivity (Wildman–Crippen MR) is 73.5 cm³/mol. The summed E-state index contributed by atoms with van der Waals surface area (Å²) in [5, 5.41) is 13.2. The van der Waals surface area contributed by atoms with Crippen molar-refractivity contribution in [3.05, 3.63) is 10.6 Å². The van der Waals surface area contributed by atoms with Gasteiger partial charge in [0.05, 0.1) is 5.69 Å². The molecule has 1 aromatic rings. The van der Waals surface area contributed by atoms with Crippen molar-refractivity contribution in [3.8, 4) is 0 Å². The number of aromatic nitrogens is 1. The summed E-state index contributed by atoms with van der Waals surface area (Å²) < 4.78 is 0. The van der Waals surface area contributed by atoms with Gasteiger partial charge in [0.1, 0.15) is 4.88 Å². The molecule has 0 aliphatic heterocycles. The number of thiazole rings is 1. The average molecular weight is 268 g/mol. The number of carbonyl (C=O) groups is 1. The van der Waals surface area contributed by atoms with Crippen LogP contribution >= 0.6 is 11.3 Å². The Morgan fingerprint density at radius 3 is 2.78 bits per heavy atom. The maximum atomic E-state index is 11.0. The van der Waals surface area contributed by atoms with Crippen molar-refractivity contribution >= 4 is 22.4 Å². The molecule has 2 rings (SSSR count). The first-order chi connectivity index (χ1) is 8.40. The zero-order valence-electron chi connectivity index (χ0n) is 11.1. The minimum absolute atomic E-state index is 0.251. The number of aromatic carboxylic acids is 1. The van der Waals surface area contributed by atoms with Crippen LogP contribution in [0.25, 0.3) is 0 Å². The molecule has 0 amide bonds. The van der Waals surface area contributed by atoms with Crippen LogP contribution in [0.3, 0.4) is 0 Å². The van der Waals surface area contributed by atoms with Crippen molar-refractivity contribution in [2.75, 3.05) is 5.32 Å². The van der Waals surface area contributed by atoms with E-state index in [0.29, 0.717) is 16.6 Å². The molecule has 1 aromatic heterocycles. The Bertz CT molecular complexity index is 454. The Hall–Kier alpha value is -1.10. The highest BCUT2D eigenvalue weighted by atomic mass is 32.1. The lowest BCUT2D eigenvalue weighted by molar-refractivity contribution is 0.0701. The number of rotatable bonds is 3. The maximum Gasteiger partial charge on any atom is 0.347 e. The summed E-state index contributed by atoms with van der Waals surface area (Å²) in [5.74, 6) is -0.888. The number of hydrogen-bond donors (Lipinski definition) is 2. The second kappa shape index (κ2) is 4.88. The molecule has 1 heterocycles. The van der Waals surface area contributed by atoms with Crippen LogP contribution in [-0.4, -0.2) is 22.1 Å². The van der Waals surface area contributed by atoms with E-state index in [2.05, 4.69) is 24.1 Å². The molecule has 18 heavy (non-hydrogen) atoms. The van der Waals surface area contributed by atoms with Crippen LogP contribution in [0, 0.1) is 12.3 Å². The number of aryl methyl sites for hydroxylation is 1. The van der Waals surface area contributed by atoms with Crippen molar-refractivity contribution in [2.45, 2.75) is 52.5 Å². The SMILES string of the molecule is Cc1nc(NC2CCCCC2(C)C)sc1C(=O)O. The lowest BCUT2D eigenvalue weighted by atomic mass is 9.73. The molecule has 1 aliphatic rings. The minimum Gasteiger partial charge on any atom is -0.477 e. The van der Waals surface area contributed by atoms with Crippen LogP contribution in [0.1, 0.15) is 54.9 Å². The van der Waals surface area contributed by atoms with Crippen LogP contribution in [0.2, 0.25) is 0 Å². The average Bonchev–Trinajstić information content (AvgIpc) is 2.63. The summed E-state index contributed by atoms with van der Waals surface area (Å²) in [6.07, 6.45) is 4.86. The molecule has 0 bridgehead atoms. The van der Waals surface area contributed by atoms with Gasteiger partial charge in [-0.05, 0) is 25.2 Å². The van der Waals surface area contributed by atoms with Crippen molar-refractivity contribution < 1.29 is 9.90 Å². The van der Waals surface area contributed by atoms with Gasteiger partial charge in [0.2, 0.25) is 0 Å². The molecule has 5 heteroatoms. The highest BCUT2D eigenvalue weighted by Crippen LogP contribution is 2.38. The smallest absolute Gasteiger partial charge is 0.347 e. The molecule has 4 nitrogen and oxygen atoms in total. The van der Waals surface area contributed by atoms with Gasteiger partial charge in [-0.25, -0.2) is 9.78 Å². The summed E-state index contributed by atoms with van der Waals surface area (Å²) in [6.45, 7) is 6.28. The standard InChI is InChI=1S/C13H20N2O2S/c1-8-10(11(16)17)18-12(14-8)15-9-6-4-5-7-13(9,2)3/h9H,4-7H2,1-3H3,(H,14,15)(H,16,17). The van der Waals surface area contributed by atoms with E-state index < -0.39 is 5.97 Å². The van der Waals surface area contributed by atoms with Crippen LogP contribution < -0.4 is 5.32 Å². The lowest BCUT2D eigenvalue weighted by Gasteiger charge is -2.38. The normalized spacial score (nSPS) is 22.7. The van der Waals surface area contributed by atoms with Gasteiger partial charge < -0.3 is 10.4 Å². The Labute approximate surface area is 111 Å². The fourth-order valence-electron chi connectivity index (χ4n) is 2.57. The second-order valence-corrected chi connectivity index (χ2v) is 6.67. The third kappa shape index (κ3) is 2.66. The molecule has 1 fully saturated rings. The van der Waals surface area contributed by atoms with Crippen molar-refractivity contribution in [2.24, 2.45) is 5.41 Å². The Morgan fingerprint density at radius 2 is 2.22 bits per heavy atom. The summed E-state index contributed by atoms with van der Waals surface area (Å²) in [7, 11) is 0. The summed E-state index contributed by atoms with van der Waals surface area (Å²) in [5.41, 5.74) is 0.852. The van der Waals surface area contributed by atoms with Gasteiger partial charge in [-0.1, -0.05) is 38.0 Å². The number of nitrogens with zero attached hydrogens (tertiary/aromatic N) is 1. The largest absolute Gasteiger partial charge is 0.477 e. The molecule has 0 spiro atoms. The van der Waals surface area contributed by atoms with Gasteiger partial charge in [0, 0.05) is 6.04 Å². The predicted octanol–water partition coefficient (Wildman–Crippen LogP) is 3.53. The minimum atomic E-state index is -0.888. The number of nitrogens with one attached hydrogen (secondary N) is 1. The number of carboxylic acid groups (broad SMARTS) is 1. The van der Waals surface area contributed by atoms with E-state index in [0.717, 1.165) is 11.6 Å². The Morgan fingerprint density at radius 1 is 1.50 bits per heavy atom. The molecule has 100 valence electrons. The summed E-state index contributed by atoms with van der Waals surface area (Å²) in [4.78, 5) is 15.7. The highest BCUT2D eigenvalue weighted by molar-refractivity contribution is 7.17. The van der Waals surface area contributed by atoms with E-state index in [9.17, 15) is 4.79 Å². The van der Waals surface area contributed by atoms with Crippen LogP contribution in [0.4, 0.5) is 5.13 Å². The first-order valence-electron chi connectivity index (χ1n) is 6.37. The molecule has 1 unspecified atom stereocenters. The Balaban J connectivity index is 2.13. The van der Waals surface area contributed by atoms with E-state index in [1.165, 1.54) is 30.6 Å². The summed E-state index contributed by atoms with van der Waals surface area (Å²) in [6, 6.07) is 0.387.